The van der Waals surface area contributed by atoms with Crippen LogP contribution >= 0.6 is 0 Å². The molecule has 1 saturated heterocycles. The van der Waals surface area contributed by atoms with Gasteiger partial charge in [-0.25, -0.2) is 0 Å². The fourth-order valence-corrected chi connectivity index (χ4v) is 1.48. The molecule has 1 heterocycles. The van der Waals surface area contributed by atoms with Crippen LogP contribution in [0.3, 0.4) is 0 Å². The maximum atomic E-state index is 9.45. The molecule has 0 aromatic rings. The van der Waals surface area contributed by atoms with Gasteiger partial charge >= 0.3 is 0 Å². The third-order valence-electron chi connectivity index (χ3n) is 2.19. The Morgan fingerprint density at radius 2 is 2.46 bits per heavy atom. The number of hydrogen-bond acceptors (Lipinski definition) is 4. The summed E-state index contributed by atoms with van der Waals surface area (Å²) in [5, 5.41) is 12.9. The van der Waals surface area contributed by atoms with E-state index in [1.54, 1.807) is 7.11 Å². The Morgan fingerprint density at radius 1 is 1.69 bits per heavy atom. The van der Waals surface area contributed by atoms with E-state index >= 15 is 0 Å². The van der Waals surface area contributed by atoms with Crippen molar-refractivity contribution in [2.75, 3.05) is 33.3 Å². The predicted molar refractivity (Wildman–Crippen MR) is 47.3 cm³/mol. The highest BCUT2D eigenvalue weighted by molar-refractivity contribution is 4.84. The van der Waals surface area contributed by atoms with Crippen LogP contribution in [0.1, 0.15) is 0 Å². The third kappa shape index (κ3) is 2.86. The molecule has 0 aliphatic carbocycles. The Bertz CT molecular complexity index is 205. The molecule has 74 valence electrons. The van der Waals surface area contributed by atoms with E-state index in [1.807, 2.05) is 4.90 Å². The summed E-state index contributed by atoms with van der Waals surface area (Å²) >= 11 is 0. The minimum absolute atomic E-state index is 0.105. The Labute approximate surface area is 76.7 Å². The van der Waals surface area contributed by atoms with E-state index in [0.29, 0.717) is 26.2 Å². The fourth-order valence-electron chi connectivity index (χ4n) is 1.48. The second-order valence-electron chi connectivity index (χ2n) is 3.06. The summed E-state index contributed by atoms with van der Waals surface area (Å²) in [5.74, 6) is 0. The molecule has 2 atom stereocenters. The molecule has 0 radical (unpaired) electrons. The summed E-state index contributed by atoms with van der Waals surface area (Å²) in [6.07, 6.45) is -0.526. The van der Waals surface area contributed by atoms with E-state index in [0.717, 1.165) is 0 Å². The second kappa shape index (κ2) is 5.04. The number of rotatable bonds is 4. The molecule has 0 amide bonds. The number of ether oxygens (including phenoxy) is 1. The number of β-amino-alcohol motifs (C(OH)–C–C–N with tert-alkyl or cyclic N) is 1. The maximum Gasteiger partial charge on any atom is 0.0969 e. The highest BCUT2D eigenvalue weighted by Gasteiger charge is 2.30. The topological polar surface area (TPSA) is 81.5 Å². The predicted octanol–water partition coefficient (Wildman–Crippen LogP) is -0.0118. The van der Waals surface area contributed by atoms with E-state index in [9.17, 15) is 5.11 Å². The van der Waals surface area contributed by atoms with E-state index in [-0.39, 0.29) is 6.10 Å². The van der Waals surface area contributed by atoms with Crippen LogP contribution in [0.2, 0.25) is 0 Å². The minimum Gasteiger partial charge on any atom is -0.389 e. The van der Waals surface area contributed by atoms with Crippen molar-refractivity contribution < 1.29 is 9.84 Å². The van der Waals surface area contributed by atoms with Crippen LogP contribution in [-0.4, -0.2) is 55.5 Å². The standard InChI is InChI=1S/C7H14N4O2/c1-13-7-5-11(4-6(7)12)3-2-9-10-8/h6-7,12H,2-5H2,1H3. The number of aliphatic hydroxyl groups is 1. The fraction of sp³-hybridized carbons (Fsp3) is 1.00. The first kappa shape index (κ1) is 10.3. The lowest BCUT2D eigenvalue weighted by Crippen LogP contribution is -2.25. The van der Waals surface area contributed by atoms with Crippen molar-refractivity contribution in [3.63, 3.8) is 0 Å². The van der Waals surface area contributed by atoms with Gasteiger partial charge in [0.05, 0.1) is 12.2 Å². The average Bonchev–Trinajstić information content (AvgIpc) is 2.47. The Morgan fingerprint density at radius 3 is 3.00 bits per heavy atom. The van der Waals surface area contributed by atoms with Crippen LogP contribution in [0.4, 0.5) is 0 Å². The summed E-state index contributed by atoms with van der Waals surface area (Å²) in [6, 6.07) is 0. The van der Waals surface area contributed by atoms with E-state index in [2.05, 4.69) is 10.0 Å². The first-order chi connectivity index (χ1) is 6.27. The van der Waals surface area contributed by atoms with E-state index in [4.69, 9.17) is 10.3 Å². The van der Waals surface area contributed by atoms with Crippen molar-refractivity contribution in [2.24, 2.45) is 5.11 Å². The first-order valence-corrected chi connectivity index (χ1v) is 4.22. The molecule has 0 bridgehead atoms. The van der Waals surface area contributed by atoms with Gasteiger partial charge in [-0.15, -0.1) is 0 Å². The van der Waals surface area contributed by atoms with E-state index in [1.165, 1.54) is 0 Å². The molecule has 2 unspecified atom stereocenters. The molecule has 1 fully saturated rings. The molecular weight excluding hydrogens is 172 g/mol. The second-order valence-corrected chi connectivity index (χ2v) is 3.06. The van der Waals surface area contributed by atoms with Gasteiger partial charge < -0.3 is 9.84 Å². The van der Waals surface area contributed by atoms with Crippen molar-refractivity contribution >= 4 is 0 Å². The van der Waals surface area contributed by atoms with Gasteiger partial charge in [-0.3, -0.25) is 4.90 Å². The lowest BCUT2D eigenvalue weighted by atomic mass is 10.3. The average molecular weight is 186 g/mol. The van der Waals surface area contributed by atoms with Gasteiger partial charge in [0.25, 0.3) is 0 Å². The number of likely N-dealkylation sites (tertiary alicyclic amines) is 1. The van der Waals surface area contributed by atoms with Crippen LogP contribution in [0.25, 0.3) is 10.4 Å². The summed E-state index contributed by atoms with van der Waals surface area (Å²) in [4.78, 5) is 4.68. The summed E-state index contributed by atoms with van der Waals surface area (Å²) < 4.78 is 5.06. The quantitative estimate of drug-likeness (QED) is 0.381. The molecule has 1 rings (SSSR count). The van der Waals surface area contributed by atoms with Gasteiger partial charge in [-0.2, -0.15) is 0 Å². The van der Waals surface area contributed by atoms with Crippen molar-refractivity contribution in [1.82, 2.24) is 4.90 Å². The molecule has 0 saturated carbocycles. The number of hydrogen-bond donors (Lipinski definition) is 1. The Hall–Kier alpha value is -0.810. The van der Waals surface area contributed by atoms with Crippen LogP contribution in [0, 0.1) is 0 Å². The van der Waals surface area contributed by atoms with Gasteiger partial charge in [-0.05, 0) is 5.53 Å². The zero-order valence-corrected chi connectivity index (χ0v) is 7.63. The lowest BCUT2D eigenvalue weighted by Gasteiger charge is -2.12. The molecule has 6 nitrogen and oxygen atoms in total. The number of aliphatic hydroxyl groups excluding tert-OH is 1. The summed E-state index contributed by atoms with van der Waals surface area (Å²) in [7, 11) is 1.59. The molecule has 0 aromatic carbocycles. The van der Waals surface area contributed by atoms with Crippen LogP contribution < -0.4 is 0 Å². The number of azide groups is 1. The molecule has 0 spiro atoms. The van der Waals surface area contributed by atoms with Crippen molar-refractivity contribution in [3.8, 4) is 0 Å². The highest BCUT2D eigenvalue weighted by atomic mass is 16.5. The molecule has 13 heavy (non-hydrogen) atoms. The maximum absolute atomic E-state index is 9.45. The summed E-state index contributed by atoms with van der Waals surface area (Å²) in [5.41, 5.74) is 8.06. The largest absolute Gasteiger partial charge is 0.389 e. The number of methoxy groups -OCH3 is 1. The van der Waals surface area contributed by atoms with Gasteiger partial charge in [-0.1, -0.05) is 5.11 Å². The summed E-state index contributed by atoms with van der Waals surface area (Å²) in [6.45, 7) is 2.43. The monoisotopic (exact) mass is 186 g/mol. The van der Waals surface area contributed by atoms with Crippen LogP contribution in [0.15, 0.2) is 5.11 Å². The molecular formula is C7H14N4O2. The van der Waals surface area contributed by atoms with Gasteiger partial charge in [0.1, 0.15) is 0 Å². The Kier molecular flexibility index (Phi) is 3.98. The molecule has 1 aliphatic rings. The van der Waals surface area contributed by atoms with Crippen molar-refractivity contribution in [3.05, 3.63) is 10.4 Å². The van der Waals surface area contributed by atoms with Gasteiger partial charge in [0.15, 0.2) is 0 Å². The van der Waals surface area contributed by atoms with Crippen molar-refractivity contribution in [1.29, 1.82) is 0 Å². The molecule has 1 N–H and O–H groups in total. The number of nitrogens with zero attached hydrogens (tertiary/aromatic N) is 4. The Balaban J connectivity index is 2.27. The SMILES string of the molecule is COC1CN(CCN=[N+]=[N-])CC1O. The molecule has 1 aliphatic heterocycles. The first-order valence-electron chi connectivity index (χ1n) is 4.22. The highest BCUT2D eigenvalue weighted by Crippen LogP contribution is 2.11. The van der Waals surface area contributed by atoms with Crippen molar-refractivity contribution in [2.45, 2.75) is 12.2 Å². The third-order valence-corrected chi connectivity index (χ3v) is 2.19. The smallest absolute Gasteiger partial charge is 0.0969 e. The van der Waals surface area contributed by atoms with Crippen LogP contribution in [-0.2, 0) is 4.74 Å². The minimum atomic E-state index is -0.420. The molecule has 6 heteroatoms. The van der Waals surface area contributed by atoms with Crippen LogP contribution in [0.5, 0.6) is 0 Å². The zero-order valence-electron chi connectivity index (χ0n) is 7.63. The zero-order chi connectivity index (χ0) is 9.68. The normalized spacial score (nSPS) is 28.8. The lowest BCUT2D eigenvalue weighted by molar-refractivity contribution is 0.0215. The van der Waals surface area contributed by atoms with E-state index < -0.39 is 6.10 Å². The van der Waals surface area contributed by atoms with Gasteiger partial charge in [0.2, 0.25) is 0 Å². The van der Waals surface area contributed by atoms with Gasteiger partial charge in [0, 0.05) is 38.2 Å². The molecule has 0 aromatic heterocycles.